The van der Waals surface area contributed by atoms with Gasteiger partial charge < -0.3 is 0 Å². The van der Waals surface area contributed by atoms with Gasteiger partial charge in [-0.15, -0.1) is 0 Å². The molecule has 1 saturated carbocycles. The maximum absolute atomic E-state index is 13.3. The molecule has 2 atom stereocenters. The predicted octanol–water partition coefficient (Wildman–Crippen LogP) is 5.49. The van der Waals surface area contributed by atoms with E-state index in [2.05, 4.69) is 13.8 Å². The van der Waals surface area contributed by atoms with Gasteiger partial charge in [-0.25, -0.2) is 0 Å². The minimum atomic E-state index is -0.386. The average Bonchev–Trinajstić information content (AvgIpc) is 2.92. The van der Waals surface area contributed by atoms with Crippen LogP contribution in [0.25, 0.3) is 5.70 Å². The van der Waals surface area contributed by atoms with E-state index in [0.717, 1.165) is 29.0 Å². The Hall–Kier alpha value is -2.52. The largest absolute Gasteiger partial charge is 0.299 e. The van der Waals surface area contributed by atoms with Crippen LogP contribution < -0.4 is 0 Å². The van der Waals surface area contributed by atoms with Gasteiger partial charge in [-0.2, -0.15) is 0 Å². The van der Waals surface area contributed by atoms with Gasteiger partial charge >= 0.3 is 0 Å². The van der Waals surface area contributed by atoms with E-state index in [9.17, 15) is 9.59 Å². The summed E-state index contributed by atoms with van der Waals surface area (Å²) in [5.74, 6) is -0.570. The molecule has 1 heterocycles. The highest BCUT2D eigenvalue weighted by Crippen LogP contribution is 2.52. The third kappa shape index (κ3) is 2.53. The van der Waals surface area contributed by atoms with Crippen molar-refractivity contribution in [2.45, 2.75) is 32.6 Å². The van der Waals surface area contributed by atoms with Gasteiger partial charge in [0.05, 0.1) is 11.6 Å². The van der Waals surface area contributed by atoms with Gasteiger partial charge in [0.15, 0.2) is 5.78 Å². The van der Waals surface area contributed by atoms with E-state index in [-0.39, 0.29) is 28.8 Å². The summed E-state index contributed by atoms with van der Waals surface area (Å²) >= 11 is 6.27. The Morgan fingerprint density at radius 3 is 2.46 bits per heavy atom. The number of nitrogens with zero attached hydrogens (tertiary/aromatic N) is 1. The second-order valence-corrected chi connectivity index (χ2v) is 9.17. The molecule has 1 aliphatic heterocycles. The highest BCUT2D eigenvalue weighted by atomic mass is 35.5. The summed E-state index contributed by atoms with van der Waals surface area (Å²) in [7, 11) is 0. The second kappa shape index (κ2) is 5.99. The van der Waals surface area contributed by atoms with Gasteiger partial charge in [-0.1, -0.05) is 61.8 Å². The SMILES string of the molecule is CC1(C)CC(=O)C2C(=NC3=C(C(=O)c4ccccc43)[C@@H]2c2cccc(Cl)c2)C1. The fourth-order valence-electron chi connectivity index (χ4n) is 4.98. The molecule has 0 N–H and O–H groups in total. The van der Waals surface area contributed by atoms with Crippen molar-refractivity contribution in [3.63, 3.8) is 0 Å². The third-order valence-corrected chi connectivity index (χ3v) is 6.29. The number of carbonyl (C=O) groups is 2. The van der Waals surface area contributed by atoms with Crippen molar-refractivity contribution in [1.29, 1.82) is 0 Å². The van der Waals surface area contributed by atoms with Crippen molar-refractivity contribution >= 4 is 34.6 Å². The number of hydrogen-bond donors (Lipinski definition) is 0. The molecule has 2 aromatic carbocycles. The van der Waals surface area contributed by atoms with Crippen molar-refractivity contribution in [2.75, 3.05) is 0 Å². The number of rotatable bonds is 1. The zero-order valence-corrected chi connectivity index (χ0v) is 16.6. The van der Waals surface area contributed by atoms with Crippen LogP contribution in [0, 0.1) is 11.3 Å². The molecular formula is C24H20ClNO2. The lowest BCUT2D eigenvalue weighted by Crippen LogP contribution is -2.43. The Labute approximate surface area is 169 Å². The summed E-state index contributed by atoms with van der Waals surface area (Å²) in [6.45, 7) is 4.21. The molecule has 0 spiro atoms. The molecule has 2 aliphatic carbocycles. The van der Waals surface area contributed by atoms with Crippen molar-refractivity contribution in [1.82, 2.24) is 0 Å². The number of Topliss-reactive ketones (excluding diaryl/α,β-unsaturated/α-hetero) is 2. The Bertz CT molecular complexity index is 1110. The van der Waals surface area contributed by atoms with Gasteiger partial charge in [0.25, 0.3) is 0 Å². The normalized spacial score (nSPS) is 25.2. The van der Waals surface area contributed by atoms with Crippen LogP contribution in [-0.2, 0) is 4.79 Å². The van der Waals surface area contributed by atoms with E-state index >= 15 is 0 Å². The molecule has 3 nitrogen and oxygen atoms in total. The van der Waals surface area contributed by atoms with Crippen molar-refractivity contribution in [2.24, 2.45) is 16.3 Å². The van der Waals surface area contributed by atoms with Gasteiger partial charge in [-0.3, -0.25) is 14.6 Å². The van der Waals surface area contributed by atoms with E-state index in [1.54, 1.807) is 0 Å². The van der Waals surface area contributed by atoms with Crippen LogP contribution >= 0.6 is 11.6 Å². The van der Waals surface area contributed by atoms with Gasteiger partial charge in [0.1, 0.15) is 5.78 Å². The van der Waals surface area contributed by atoms with E-state index < -0.39 is 0 Å². The standard InChI is InChI=1S/C24H20ClNO2/c1-24(2)11-17-20(18(27)12-24)19(13-6-5-7-14(25)10-13)21-22(26-17)15-8-3-4-9-16(15)23(21)28/h3-10,19-20H,11-12H2,1-2H3/t19-,20?/m1/s1. The molecule has 1 fully saturated rings. The molecule has 28 heavy (non-hydrogen) atoms. The van der Waals surface area contributed by atoms with E-state index in [4.69, 9.17) is 16.6 Å². The molecule has 2 aromatic rings. The molecule has 0 aromatic heterocycles. The average molecular weight is 390 g/mol. The zero-order chi connectivity index (χ0) is 19.6. The summed E-state index contributed by atoms with van der Waals surface area (Å²) in [4.78, 5) is 31.5. The number of ketones is 2. The maximum Gasteiger partial charge on any atom is 0.192 e. The lowest BCUT2D eigenvalue weighted by Gasteiger charge is -2.40. The Balaban J connectivity index is 1.77. The number of carbonyl (C=O) groups excluding carboxylic acids is 2. The number of fused-ring (bicyclic) bond motifs is 3. The van der Waals surface area contributed by atoms with Crippen LogP contribution in [0.1, 0.15) is 54.1 Å². The predicted molar refractivity (Wildman–Crippen MR) is 111 cm³/mol. The Morgan fingerprint density at radius 1 is 0.964 bits per heavy atom. The number of hydrogen-bond acceptors (Lipinski definition) is 3. The van der Waals surface area contributed by atoms with Crippen LogP contribution in [0.5, 0.6) is 0 Å². The monoisotopic (exact) mass is 389 g/mol. The van der Waals surface area contributed by atoms with Crippen molar-refractivity contribution in [3.05, 3.63) is 75.8 Å². The van der Waals surface area contributed by atoms with Crippen LogP contribution in [0.2, 0.25) is 5.02 Å². The first-order valence-corrected chi connectivity index (χ1v) is 9.97. The van der Waals surface area contributed by atoms with Crippen LogP contribution in [0.3, 0.4) is 0 Å². The molecule has 140 valence electrons. The second-order valence-electron chi connectivity index (χ2n) is 8.73. The molecular weight excluding hydrogens is 370 g/mol. The first-order chi connectivity index (χ1) is 13.4. The lowest BCUT2D eigenvalue weighted by molar-refractivity contribution is -0.124. The zero-order valence-electron chi connectivity index (χ0n) is 15.8. The minimum Gasteiger partial charge on any atom is -0.299 e. The topological polar surface area (TPSA) is 46.5 Å². The van der Waals surface area contributed by atoms with Gasteiger partial charge in [0, 0.05) is 39.8 Å². The van der Waals surface area contributed by atoms with E-state index in [0.29, 0.717) is 22.6 Å². The molecule has 0 radical (unpaired) electrons. The fraction of sp³-hybridized carbons (Fsp3) is 0.292. The molecule has 0 saturated heterocycles. The highest BCUT2D eigenvalue weighted by molar-refractivity contribution is 6.30. The summed E-state index contributed by atoms with van der Waals surface area (Å²) in [6, 6.07) is 15.1. The summed E-state index contributed by atoms with van der Waals surface area (Å²) < 4.78 is 0. The smallest absolute Gasteiger partial charge is 0.192 e. The first kappa shape index (κ1) is 17.6. The lowest BCUT2D eigenvalue weighted by atomic mass is 9.63. The first-order valence-electron chi connectivity index (χ1n) is 9.60. The summed E-state index contributed by atoms with van der Waals surface area (Å²) in [6.07, 6.45) is 1.26. The molecule has 0 amide bonds. The highest BCUT2D eigenvalue weighted by Gasteiger charge is 2.49. The number of benzene rings is 2. The Morgan fingerprint density at radius 2 is 1.71 bits per heavy atom. The molecule has 5 rings (SSSR count). The summed E-state index contributed by atoms with van der Waals surface area (Å²) in [5, 5.41) is 0.607. The molecule has 3 aliphatic rings. The van der Waals surface area contributed by atoms with Crippen molar-refractivity contribution in [3.8, 4) is 0 Å². The fourth-order valence-corrected chi connectivity index (χ4v) is 5.18. The van der Waals surface area contributed by atoms with E-state index in [1.807, 2.05) is 48.5 Å². The number of allylic oxidation sites excluding steroid dienone is 1. The van der Waals surface area contributed by atoms with E-state index in [1.165, 1.54) is 0 Å². The number of halogens is 1. The van der Waals surface area contributed by atoms with Gasteiger partial charge in [-0.05, 0) is 29.5 Å². The van der Waals surface area contributed by atoms with Crippen LogP contribution in [0.15, 0.2) is 59.1 Å². The molecule has 4 heteroatoms. The quantitative estimate of drug-likeness (QED) is 0.647. The maximum atomic E-state index is 13.3. The van der Waals surface area contributed by atoms with Crippen LogP contribution in [-0.4, -0.2) is 17.3 Å². The van der Waals surface area contributed by atoms with Crippen molar-refractivity contribution < 1.29 is 9.59 Å². The van der Waals surface area contributed by atoms with Gasteiger partial charge in [0.2, 0.25) is 0 Å². The summed E-state index contributed by atoms with van der Waals surface area (Å²) in [5.41, 5.74) is 4.62. The molecule has 1 unspecified atom stereocenters. The number of aliphatic imine (C=N–C) groups is 1. The van der Waals surface area contributed by atoms with Crippen LogP contribution in [0.4, 0.5) is 0 Å². The minimum absolute atomic E-state index is 0.0176. The Kier molecular flexibility index (Phi) is 3.76. The molecule has 0 bridgehead atoms. The third-order valence-electron chi connectivity index (χ3n) is 6.05.